The molecule has 0 aliphatic heterocycles. The van der Waals surface area contributed by atoms with Crippen molar-refractivity contribution in [2.45, 2.75) is 0 Å². The Morgan fingerprint density at radius 2 is 1.88 bits per heavy atom. The van der Waals surface area contributed by atoms with Crippen molar-refractivity contribution in [2.75, 3.05) is 0 Å². The van der Waals surface area contributed by atoms with E-state index < -0.39 is 0 Å². The van der Waals surface area contributed by atoms with Crippen LogP contribution in [0.2, 0.25) is 0 Å². The average molecular weight is 219 g/mol. The molecule has 0 aliphatic rings. The van der Waals surface area contributed by atoms with Gasteiger partial charge in [-0.3, -0.25) is 0 Å². The summed E-state index contributed by atoms with van der Waals surface area (Å²) in [4.78, 5) is 4.16. The summed E-state index contributed by atoms with van der Waals surface area (Å²) >= 11 is 0. The van der Waals surface area contributed by atoms with Crippen molar-refractivity contribution in [3.63, 3.8) is 0 Å². The highest BCUT2D eigenvalue weighted by atomic mass is 15.3. The molecule has 0 spiro atoms. The van der Waals surface area contributed by atoms with Crippen LogP contribution < -0.4 is 0 Å². The number of nitrogens with zero attached hydrogens (tertiary/aromatic N) is 3. The SMILES string of the molecule is C#Cc1ccc(-c2cccc3ncnn23)cc1. The van der Waals surface area contributed by atoms with Crippen LogP contribution in [0.15, 0.2) is 48.8 Å². The van der Waals surface area contributed by atoms with Crippen LogP contribution in [0.1, 0.15) is 5.56 Å². The second-order valence-corrected chi connectivity index (χ2v) is 3.66. The zero-order valence-electron chi connectivity index (χ0n) is 9.04. The third-order valence-electron chi connectivity index (χ3n) is 2.65. The van der Waals surface area contributed by atoms with E-state index in [1.807, 2.05) is 47.0 Å². The van der Waals surface area contributed by atoms with Gasteiger partial charge in [-0.1, -0.05) is 24.1 Å². The maximum atomic E-state index is 5.34. The van der Waals surface area contributed by atoms with E-state index in [9.17, 15) is 0 Å². The molecule has 0 atom stereocenters. The monoisotopic (exact) mass is 219 g/mol. The van der Waals surface area contributed by atoms with Gasteiger partial charge in [-0.15, -0.1) is 6.42 Å². The number of hydrogen-bond donors (Lipinski definition) is 0. The minimum Gasteiger partial charge on any atom is -0.215 e. The number of fused-ring (bicyclic) bond motifs is 1. The molecule has 1 aromatic carbocycles. The largest absolute Gasteiger partial charge is 0.215 e. The standard InChI is InChI=1S/C14H9N3/c1-2-11-6-8-12(9-7-11)13-4-3-5-14-15-10-16-17(13)14/h1,3-10H. The summed E-state index contributed by atoms with van der Waals surface area (Å²) in [5.74, 6) is 2.60. The van der Waals surface area contributed by atoms with Gasteiger partial charge in [0, 0.05) is 11.1 Å². The Morgan fingerprint density at radius 3 is 2.65 bits per heavy atom. The van der Waals surface area contributed by atoms with E-state index >= 15 is 0 Å². The molecule has 3 heteroatoms. The molecule has 80 valence electrons. The van der Waals surface area contributed by atoms with Crippen molar-refractivity contribution in [3.05, 3.63) is 54.4 Å². The topological polar surface area (TPSA) is 30.2 Å². The van der Waals surface area contributed by atoms with Crippen molar-refractivity contribution in [3.8, 4) is 23.6 Å². The molecular weight excluding hydrogens is 210 g/mol. The van der Waals surface area contributed by atoms with Crippen molar-refractivity contribution in [2.24, 2.45) is 0 Å². The van der Waals surface area contributed by atoms with Crippen LogP contribution in [0.5, 0.6) is 0 Å². The van der Waals surface area contributed by atoms with Gasteiger partial charge in [-0.25, -0.2) is 9.50 Å². The lowest BCUT2D eigenvalue weighted by atomic mass is 10.1. The molecule has 3 aromatic rings. The number of pyridine rings is 1. The minimum absolute atomic E-state index is 0.837. The maximum absolute atomic E-state index is 5.34. The van der Waals surface area contributed by atoms with Gasteiger partial charge in [0.1, 0.15) is 6.33 Å². The van der Waals surface area contributed by atoms with Crippen molar-refractivity contribution in [1.29, 1.82) is 0 Å². The van der Waals surface area contributed by atoms with Gasteiger partial charge in [-0.2, -0.15) is 5.10 Å². The van der Waals surface area contributed by atoms with E-state index in [2.05, 4.69) is 16.0 Å². The van der Waals surface area contributed by atoms with Crippen molar-refractivity contribution >= 4 is 5.65 Å². The Kier molecular flexibility index (Phi) is 2.13. The molecule has 0 fully saturated rings. The molecule has 3 rings (SSSR count). The summed E-state index contributed by atoms with van der Waals surface area (Å²) in [5, 5.41) is 4.20. The first-order valence-electron chi connectivity index (χ1n) is 5.24. The molecule has 2 aromatic heterocycles. The van der Waals surface area contributed by atoms with E-state index in [1.165, 1.54) is 0 Å². The van der Waals surface area contributed by atoms with Crippen molar-refractivity contribution in [1.82, 2.24) is 14.6 Å². The summed E-state index contributed by atoms with van der Waals surface area (Å²) in [7, 11) is 0. The summed E-state index contributed by atoms with van der Waals surface area (Å²) in [5.41, 5.74) is 3.78. The summed E-state index contributed by atoms with van der Waals surface area (Å²) in [6.45, 7) is 0. The fraction of sp³-hybridized carbons (Fsp3) is 0. The predicted octanol–water partition coefficient (Wildman–Crippen LogP) is 2.38. The number of terminal acetylenes is 1. The van der Waals surface area contributed by atoms with E-state index in [0.717, 1.165) is 22.5 Å². The molecule has 2 heterocycles. The molecule has 0 unspecified atom stereocenters. The van der Waals surface area contributed by atoms with Gasteiger partial charge in [0.05, 0.1) is 5.69 Å². The highest BCUT2D eigenvalue weighted by molar-refractivity contribution is 5.63. The second-order valence-electron chi connectivity index (χ2n) is 3.66. The molecular formula is C14H9N3. The summed E-state index contributed by atoms with van der Waals surface area (Å²) in [6.07, 6.45) is 6.89. The van der Waals surface area contributed by atoms with E-state index in [4.69, 9.17) is 6.42 Å². The van der Waals surface area contributed by atoms with Crippen LogP contribution in [0.4, 0.5) is 0 Å². The summed E-state index contributed by atoms with van der Waals surface area (Å²) in [6, 6.07) is 13.7. The minimum atomic E-state index is 0.837. The lowest BCUT2D eigenvalue weighted by Gasteiger charge is -2.04. The Hall–Kier alpha value is -2.60. The molecule has 0 saturated carbocycles. The number of aromatic nitrogens is 3. The van der Waals surface area contributed by atoms with E-state index in [-0.39, 0.29) is 0 Å². The second kappa shape index (κ2) is 3.76. The third-order valence-corrected chi connectivity index (χ3v) is 2.65. The van der Waals surface area contributed by atoms with E-state index in [0.29, 0.717) is 0 Å². The smallest absolute Gasteiger partial charge is 0.155 e. The van der Waals surface area contributed by atoms with Gasteiger partial charge < -0.3 is 0 Å². The van der Waals surface area contributed by atoms with Gasteiger partial charge in [0.25, 0.3) is 0 Å². The average Bonchev–Trinajstić information content (AvgIpc) is 2.87. The van der Waals surface area contributed by atoms with Gasteiger partial charge in [-0.05, 0) is 24.3 Å². The first-order valence-corrected chi connectivity index (χ1v) is 5.24. The first-order chi connectivity index (χ1) is 8.38. The molecule has 3 nitrogen and oxygen atoms in total. The lowest BCUT2D eigenvalue weighted by Crippen LogP contribution is -1.93. The van der Waals surface area contributed by atoms with Crippen LogP contribution in [-0.4, -0.2) is 14.6 Å². The highest BCUT2D eigenvalue weighted by Gasteiger charge is 2.03. The fourth-order valence-corrected chi connectivity index (χ4v) is 1.80. The zero-order chi connectivity index (χ0) is 11.7. The molecule has 0 radical (unpaired) electrons. The molecule has 0 aliphatic carbocycles. The molecule has 0 saturated heterocycles. The van der Waals surface area contributed by atoms with Crippen LogP contribution in [-0.2, 0) is 0 Å². The zero-order valence-corrected chi connectivity index (χ0v) is 9.04. The Bertz CT molecular complexity index is 702. The van der Waals surface area contributed by atoms with E-state index in [1.54, 1.807) is 6.33 Å². The van der Waals surface area contributed by atoms with Gasteiger partial charge in [0.2, 0.25) is 0 Å². The number of hydrogen-bond acceptors (Lipinski definition) is 2. The van der Waals surface area contributed by atoms with Crippen LogP contribution >= 0.6 is 0 Å². The molecule has 0 amide bonds. The number of benzene rings is 1. The third kappa shape index (κ3) is 1.56. The molecule has 0 N–H and O–H groups in total. The van der Waals surface area contributed by atoms with Crippen LogP contribution in [0, 0.1) is 12.3 Å². The Morgan fingerprint density at radius 1 is 1.06 bits per heavy atom. The van der Waals surface area contributed by atoms with Gasteiger partial charge >= 0.3 is 0 Å². The van der Waals surface area contributed by atoms with Gasteiger partial charge in [0.15, 0.2) is 5.65 Å². The molecule has 0 bridgehead atoms. The quantitative estimate of drug-likeness (QED) is 0.588. The Labute approximate surface area is 98.7 Å². The first kappa shape index (κ1) is 9.61. The Balaban J connectivity index is 2.20. The van der Waals surface area contributed by atoms with Crippen LogP contribution in [0.25, 0.3) is 16.9 Å². The summed E-state index contributed by atoms with van der Waals surface area (Å²) < 4.78 is 1.81. The number of rotatable bonds is 1. The molecule has 17 heavy (non-hydrogen) atoms. The van der Waals surface area contributed by atoms with Crippen LogP contribution in [0.3, 0.4) is 0 Å². The lowest BCUT2D eigenvalue weighted by molar-refractivity contribution is 0.969. The maximum Gasteiger partial charge on any atom is 0.155 e. The predicted molar refractivity (Wildman–Crippen MR) is 66.4 cm³/mol. The normalized spacial score (nSPS) is 10.3. The fourth-order valence-electron chi connectivity index (χ4n) is 1.80. The van der Waals surface area contributed by atoms with Crippen molar-refractivity contribution < 1.29 is 0 Å². The highest BCUT2D eigenvalue weighted by Crippen LogP contribution is 2.19.